The van der Waals surface area contributed by atoms with Crippen molar-refractivity contribution in [3.05, 3.63) is 41.7 Å². The largest absolute Gasteiger partial charge is 0.494 e. The van der Waals surface area contributed by atoms with E-state index in [9.17, 15) is 4.79 Å². The van der Waals surface area contributed by atoms with Crippen molar-refractivity contribution in [1.82, 2.24) is 9.78 Å². The van der Waals surface area contributed by atoms with Gasteiger partial charge in [-0.3, -0.25) is 0 Å². The molecule has 0 aliphatic carbocycles. The molecule has 0 spiro atoms. The third kappa shape index (κ3) is 1.99. The number of benzene rings is 1. The maximum atomic E-state index is 10.9. The molecule has 0 aliphatic heterocycles. The van der Waals surface area contributed by atoms with E-state index < -0.39 is 5.97 Å². The summed E-state index contributed by atoms with van der Waals surface area (Å²) in [5.74, 6) is -0.337. The number of aromatic carboxylic acids is 1. The van der Waals surface area contributed by atoms with Crippen molar-refractivity contribution < 1.29 is 14.6 Å². The number of hydrogen-bond donors (Lipinski definition) is 1. The van der Waals surface area contributed by atoms with Gasteiger partial charge < -0.3 is 9.84 Å². The van der Waals surface area contributed by atoms with E-state index in [0.717, 1.165) is 0 Å². The van der Waals surface area contributed by atoms with Crippen LogP contribution in [0.15, 0.2) is 30.5 Å². The van der Waals surface area contributed by atoms with Crippen LogP contribution in [0.3, 0.4) is 0 Å². The number of para-hydroxylation sites is 2. The van der Waals surface area contributed by atoms with Gasteiger partial charge in [0.25, 0.3) is 0 Å². The number of aryl methyl sites for hydroxylation is 1. The Morgan fingerprint density at radius 3 is 2.71 bits per heavy atom. The molecule has 1 aromatic heterocycles. The van der Waals surface area contributed by atoms with Crippen LogP contribution in [0.5, 0.6) is 5.75 Å². The summed E-state index contributed by atoms with van der Waals surface area (Å²) >= 11 is 0. The first kappa shape index (κ1) is 11.2. The van der Waals surface area contributed by atoms with E-state index >= 15 is 0 Å². The zero-order valence-electron chi connectivity index (χ0n) is 9.54. The van der Waals surface area contributed by atoms with Gasteiger partial charge in [-0.15, -0.1) is 0 Å². The number of carboxylic acid groups (broad SMARTS) is 1. The van der Waals surface area contributed by atoms with Crippen molar-refractivity contribution in [1.29, 1.82) is 0 Å². The number of nitrogens with zero attached hydrogens (tertiary/aromatic N) is 2. The lowest BCUT2D eigenvalue weighted by molar-refractivity contribution is 0.0696. The van der Waals surface area contributed by atoms with Gasteiger partial charge in [0.2, 0.25) is 0 Å². The van der Waals surface area contributed by atoms with Crippen molar-refractivity contribution >= 4 is 5.97 Å². The lowest BCUT2D eigenvalue weighted by Crippen LogP contribution is -1.98. The monoisotopic (exact) mass is 232 g/mol. The van der Waals surface area contributed by atoms with Gasteiger partial charge in [-0.2, -0.15) is 5.10 Å². The Morgan fingerprint density at radius 2 is 2.12 bits per heavy atom. The number of methoxy groups -OCH3 is 1. The van der Waals surface area contributed by atoms with Gasteiger partial charge in [0.1, 0.15) is 17.0 Å². The summed E-state index contributed by atoms with van der Waals surface area (Å²) in [6.07, 6.45) is 1.48. The fraction of sp³-hybridized carbons (Fsp3) is 0.167. The SMILES string of the molecule is COc1ccccc1-n1cc(C(=O)O)c(C)n1. The second-order valence-corrected chi connectivity index (χ2v) is 3.55. The summed E-state index contributed by atoms with van der Waals surface area (Å²) in [5, 5.41) is 13.1. The molecule has 5 nitrogen and oxygen atoms in total. The van der Waals surface area contributed by atoms with Gasteiger partial charge >= 0.3 is 5.97 Å². The Morgan fingerprint density at radius 1 is 1.41 bits per heavy atom. The van der Waals surface area contributed by atoms with Gasteiger partial charge in [0.05, 0.1) is 12.8 Å². The smallest absolute Gasteiger partial charge is 0.339 e. The van der Waals surface area contributed by atoms with Crippen molar-refractivity contribution in [3.63, 3.8) is 0 Å². The molecule has 0 bridgehead atoms. The molecular weight excluding hydrogens is 220 g/mol. The zero-order chi connectivity index (χ0) is 12.4. The van der Waals surface area contributed by atoms with Crippen LogP contribution in [0.2, 0.25) is 0 Å². The maximum Gasteiger partial charge on any atom is 0.339 e. The lowest BCUT2D eigenvalue weighted by atomic mass is 10.2. The van der Waals surface area contributed by atoms with Crippen LogP contribution in [0.25, 0.3) is 5.69 Å². The fourth-order valence-corrected chi connectivity index (χ4v) is 1.61. The molecule has 0 unspecified atom stereocenters. The molecule has 88 valence electrons. The summed E-state index contributed by atoms with van der Waals surface area (Å²) in [7, 11) is 1.56. The van der Waals surface area contributed by atoms with E-state index in [4.69, 9.17) is 9.84 Å². The van der Waals surface area contributed by atoms with Crippen LogP contribution in [-0.4, -0.2) is 28.0 Å². The van der Waals surface area contributed by atoms with Crippen LogP contribution in [0, 0.1) is 6.92 Å². The highest BCUT2D eigenvalue weighted by Gasteiger charge is 2.14. The molecule has 0 saturated carbocycles. The van der Waals surface area contributed by atoms with Crippen molar-refractivity contribution in [3.8, 4) is 11.4 Å². The molecule has 5 heteroatoms. The maximum absolute atomic E-state index is 10.9. The van der Waals surface area contributed by atoms with Gasteiger partial charge in [-0.05, 0) is 19.1 Å². The van der Waals surface area contributed by atoms with Crippen LogP contribution in [0.4, 0.5) is 0 Å². The van der Waals surface area contributed by atoms with Crippen molar-refractivity contribution in [2.75, 3.05) is 7.11 Å². The van der Waals surface area contributed by atoms with Crippen LogP contribution in [-0.2, 0) is 0 Å². The predicted molar refractivity (Wildman–Crippen MR) is 61.8 cm³/mol. The van der Waals surface area contributed by atoms with Crippen molar-refractivity contribution in [2.24, 2.45) is 0 Å². The van der Waals surface area contributed by atoms with E-state index in [0.29, 0.717) is 17.1 Å². The summed E-state index contributed by atoms with van der Waals surface area (Å²) in [5.41, 5.74) is 1.38. The van der Waals surface area contributed by atoms with Crippen molar-refractivity contribution in [2.45, 2.75) is 6.92 Å². The first-order chi connectivity index (χ1) is 8.13. The molecule has 1 N–H and O–H groups in total. The Balaban J connectivity index is 2.53. The van der Waals surface area contributed by atoms with Crippen LogP contribution < -0.4 is 4.74 Å². The molecule has 0 amide bonds. The Hall–Kier alpha value is -2.30. The minimum absolute atomic E-state index is 0.191. The third-order valence-corrected chi connectivity index (χ3v) is 2.46. The van der Waals surface area contributed by atoms with E-state index in [1.807, 2.05) is 18.2 Å². The number of carboxylic acids is 1. The van der Waals surface area contributed by atoms with E-state index in [2.05, 4.69) is 5.10 Å². The number of rotatable bonds is 3. The number of hydrogen-bond acceptors (Lipinski definition) is 3. The molecule has 17 heavy (non-hydrogen) atoms. The second kappa shape index (κ2) is 4.29. The predicted octanol–water partition coefficient (Wildman–Crippen LogP) is 1.89. The molecule has 0 atom stereocenters. The summed E-state index contributed by atoms with van der Waals surface area (Å²) in [6.45, 7) is 1.66. The van der Waals surface area contributed by atoms with E-state index in [1.54, 1.807) is 20.1 Å². The molecule has 1 heterocycles. The topological polar surface area (TPSA) is 64.3 Å². The van der Waals surface area contributed by atoms with Crippen LogP contribution in [0.1, 0.15) is 16.1 Å². The van der Waals surface area contributed by atoms with Gasteiger partial charge in [0.15, 0.2) is 0 Å². The van der Waals surface area contributed by atoms with Crippen LogP contribution >= 0.6 is 0 Å². The summed E-state index contributed by atoms with van der Waals surface area (Å²) in [4.78, 5) is 10.9. The zero-order valence-corrected chi connectivity index (χ0v) is 9.54. The third-order valence-electron chi connectivity index (χ3n) is 2.46. The molecule has 0 radical (unpaired) electrons. The molecule has 0 fully saturated rings. The highest BCUT2D eigenvalue weighted by molar-refractivity contribution is 5.88. The van der Waals surface area contributed by atoms with Gasteiger partial charge in [0, 0.05) is 6.20 Å². The van der Waals surface area contributed by atoms with Gasteiger partial charge in [-0.25, -0.2) is 9.48 Å². The molecule has 0 saturated heterocycles. The normalized spacial score (nSPS) is 10.2. The molecule has 1 aromatic carbocycles. The Kier molecular flexibility index (Phi) is 2.82. The minimum Gasteiger partial charge on any atom is -0.494 e. The average Bonchev–Trinajstić information content (AvgIpc) is 2.71. The lowest BCUT2D eigenvalue weighted by Gasteiger charge is -2.07. The Bertz CT molecular complexity index is 561. The van der Waals surface area contributed by atoms with Gasteiger partial charge in [-0.1, -0.05) is 12.1 Å². The minimum atomic E-state index is -0.983. The number of ether oxygens (including phenoxy) is 1. The van der Waals surface area contributed by atoms with E-state index in [-0.39, 0.29) is 5.56 Å². The molecule has 2 rings (SSSR count). The highest BCUT2D eigenvalue weighted by Crippen LogP contribution is 2.22. The molecule has 0 aliphatic rings. The quantitative estimate of drug-likeness (QED) is 0.877. The highest BCUT2D eigenvalue weighted by atomic mass is 16.5. The molecule has 2 aromatic rings. The summed E-state index contributed by atoms with van der Waals surface area (Å²) < 4.78 is 6.71. The second-order valence-electron chi connectivity index (χ2n) is 3.55. The first-order valence-electron chi connectivity index (χ1n) is 5.06. The first-order valence-corrected chi connectivity index (χ1v) is 5.06. The van der Waals surface area contributed by atoms with E-state index in [1.165, 1.54) is 10.9 Å². The standard InChI is InChI=1S/C12H12N2O3/c1-8-9(12(15)16)7-14(13-8)10-5-3-4-6-11(10)17-2/h3-7H,1-2H3,(H,15,16). The Labute approximate surface area is 98.3 Å². The number of aromatic nitrogens is 2. The fourth-order valence-electron chi connectivity index (χ4n) is 1.61. The number of carbonyl (C=O) groups is 1. The summed E-state index contributed by atoms with van der Waals surface area (Å²) in [6, 6.07) is 7.30. The molecular formula is C12H12N2O3. The average molecular weight is 232 g/mol.